The number of nitrogens with two attached hydrogens (primary N) is 1. The van der Waals surface area contributed by atoms with Crippen molar-refractivity contribution in [2.75, 3.05) is 25.6 Å². The molecule has 1 aromatic rings. The number of hydrogen-bond donors (Lipinski definition) is 1. The van der Waals surface area contributed by atoms with Crippen LogP contribution in [0.3, 0.4) is 0 Å². The summed E-state index contributed by atoms with van der Waals surface area (Å²) in [6, 6.07) is 0. The first-order chi connectivity index (χ1) is 9.60. The first-order valence-electron chi connectivity index (χ1n) is 6.40. The lowest BCUT2D eigenvalue weighted by Gasteiger charge is -2.16. The fraction of sp³-hybridized carbons (Fsp3) is 0.583. The Morgan fingerprint density at radius 1 is 1.45 bits per heavy atom. The zero-order chi connectivity index (χ0) is 14.2. The van der Waals surface area contributed by atoms with Crippen molar-refractivity contribution in [3.05, 3.63) is 11.5 Å². The minimum Gasteiger partial charge on any atom is -0.450 e. The smallest absolute Gasteiger partial charge is 0.412 e. The van der Waals surface area contributed by atoms with Crippen molar-refractivity contribution in [1.82, 2.24) is 14.9 Å². The van der Waals surface area contributed by atoms with Crippen LogP contribution < -0.4 is 10.5 Å². The number of halogens is 1. The van der Waals surface area contributed by atoms with Crippen LogP contribution in [0, 0.1) is 5.41 Å². The molecule has 2 N–H and O–H groups in total. The Hall–Kier alpha value is -1.76. The number of rotatable bonds is 3. The lowest BCUT2D eigenvalue weighted by molar-refractivity contribution is 0.0383. The molecule has 0 bridgehead atoms. The molecule has 108 valence electrons. The maximum absolute atomic E-state index is 11.8. The lowest BCUT2D eigenvalue weighted by atomic mass is 10.1. The predicted molar refractivity (Wildman–Crippen MR) is 71.3 cm³/mol. The summed E-state index contributed by atoms with van der Waals surface area (Å²) < 4.78 is 10.3. The van der Waals surface area contributed by atoms with Crippen LogP contribution in [0.5, 0.6) is 5.75 Å². The van der Waals surface area contributed by atoms with Gasteiger partial charge in [0.25, 0.3) is 0 Å². The SMILES string of the molecule is Nc1ncnc(Cl)c1OCOC(=O)N1CCC2(CC2)C1. The first kappa shape index (κ1) is 13.2. The van der Waals surface area contributed by atoms with E-state index < -0.39 is 0 Å². The molecule has 0 unspecified atom stereocenters. The average Bonchev–Trinajstić information content (AvgIpc) is 3.03. The van der Waals surface area contributed by atoms with Gasteiger partial charge in [-0.05, 0) is 24.7 Å². The van der Waals surface area contributed by atoms with E-state index in [1.807, 2.05) is 0 Å². The summed E-state index contributed by atoms with van der Waals surface area (Å²) >= 11 is 5.81. The van der Waals surface area contributed by atoms with Crippen LogP contribution in [0.15, 0.2) is 6.33 Å². The molecule has 1 saturated carbocycles. The normalized spacial score (nSPS) is 19.1. The minimum absolute atomic E-state index is 0.0895. The molecule has 8 heteroatoms. The molecule has 1 aliphatic heterocycles. The van der Waals surface area contributed by atoms with Crippen LogP contribution in [0.4, 0.5) is 10.6 Å². The molecular weight excluding hydrogens is 284 g/mol. The fourth-order valence-electron chi connectivity index (χ4n) is 2.40. The van der Waals surface area contributed by atoms with Crippen LogP contribution >= 0.6 is 11.6 Å². The van der Waals surface area contributed by atoms with E-state index in [-0.39, 0.29) is 29.6 Å². The number of nitrogens with zero attached hydrogens (tertiary/aromatic N) is 3. The second kappa shape index (κ2) is 4.97. The summed E-state index contributed by atoms with van der Waals surface area (Å²) in [6.45, 7) is 1.26. The minimum atomic E-state index is -0.375. The molecule has 2 heterocycles. The Morgan fingerprint density at radius 2 is 2.25 bits per heavy atom. The molecule has 1 amide bonds. The Balaban J connectivity index is 1.49. The van der Waals surface area contributed by atoms with Crippen LogP contribution in [0.1, 0.15) is 19.3 Å². The van der Waals surface area contributed by atoms with Gasteiger partial charge in [-0.1, -0.05) is 11.6 Å². The number of likely N-dealkylation sites (tertiary alicyclic amines) is 1. The molecule has 2 aliphatic rings. The third-order valence-electron chi connectivity index (χ3n) is 3.83. The predicted octanol–water partition coefficient (Wildman–Crippen LogP) is 1.67. The molecule has 1 aromatic heterocycles. The van der Waals surface area contributed by atoms with E-state index in [4.69, 9.17) is 26.8 Å². The van der Waals surface area contributed by atoms with E-state index in [1.165, 1.54) is 19.2 Å². The first-order valence-corrected chi connectivity index (χ1v) is 6.78. The highest BCUT2D eigenvalue weighted by atomic mass is 35.5. The third-order valence-corrected chi connectivity index (χ3v) is 4.10. The number of ether oxygens (including phenoxy) is 2. The largest absolute Gasteiger partial charge is 0.450 e. The second-order valence-electron chi connectivity index (χ2n) is 5.22. The van der Waals surface area contributed by atoms with E-state index >= 15 is 0 Å². The molecule has 20 heavy (non-hydrogen) atoms. The third kappa shape index (κ3) is 2.58. The number of hydrogen-bond acceptors (Lipinski definition) is 6. The molecule has 1 spiro atoms. The molecule has 1 saturated heterocycles. The Bertz CT molecular complexity index is 515. The Morgan fingerprint density at radius 3 is 2.90 bits per heavy atom. The van der Waals surface area contributed by atoms with Gasteiger partial charge in [-0.3, -0.25) is 0 Å². The van der Waals surface area contributed by atoms with Gasteiger partial charge >= 0.3 is 6.09 Å². The molecule has 1 aliphatic carbocycles. The van der Waals surface area contributed by atoms with Crippen molar-refractivity contribution in [1.29, 1.82) is 0 Å². The zero-order valence-electron chi connectivity index (χ0n) is 10.8. The zero-order valence-corrected chi connectivity index (χ0v) is 11.6. The van der Waals surface area contributed by atoms with Gasteiger partial charge in [0.05, 0.1) is 0 Å². The molecular formula is C12H15ClN4O3. The monoisotopic (exact) mass is 298 g/mol. The van der Waals surface area contributed by atoms with Gasteiger partial charge in [-0.2, -0.15) is 0 Å². The van der Waals surface area contributed by atoms with Crippen molar-refractivity contribution in [2.45, 2.75) is 19.3 Å². The molecule has 0 aromatic carbocycles. The standard InChI is InChI=1S/C12H15ClN4O3/c13-9-8(10(14)16-6-15-9)19-7-20-11(18)17-4-3-12(5-17)1-2-12/h6H,1-5,7H2,(H2,14,15,16). The maximum atomic E-state index is 11.8. The van der Waals surface area contributed by atoms with Crippen LogP contribution in [0.25, 0.3) is 0 Å². The topological polar surface area (TPSA) is 90.6 Å². The molecule has 0 radical (unpaired) electrons. The van der Waals surface area contributed by atoms with Gasteiger partial charge < -0.3 is 20.1 Å². The number of anilines is 1. The van der Waals surface area contributed by atoms with Crippen LogP contribution in [-0.4, -0.2) is 40.8 Å². The van der Waals surface area contributed by atoms with E-state index in [2.05, 4.69) is 9.97 Å². The summed E-state index contributed by atoms with van der Waals surface area (Å²) in [7, 11) is 0. The highest BCUT2D eigenvalue weighted by Crippen LogP contribution is 2.52. The van der Waals surface area contributed by atoms with Gasteiger partial charge in [-0.25, -0.2) is 14.8 Å². The van der Waals surface area contributed by atoms with E-state index in [1.54, 1.807) is 4.90 Å². The number of aromatic nitrogens is 2. The number of nitrogen functional groups attached to an aromatic ring is 1. The van der Waals surface area contributed by atoms with Crippen LogP contribution in [-0.2, 0) is 4.74 Å². The lowest BCUT2D eigenvalue weighted by Crippen LogP contribution is -2.30. The van der Waals surface area contributed by atoms with Gasteiger partial charge in [0.15, 0.2) is 11.0 Å². The molecule has 2 fully saturated rings. The van der Waals surface area contributed by atoms with Gasteiger partial charge in [0.1, 0.15) is 6.33 Å². The van der Waals surface area contributed by atoms with E-state index in [9.17, 15) is 4.79 Å². The molecule has 7 nitrogen and oxygen atoms in total. The maximum Gasteiger partial charge on any atom is 0.412 e. The van der Waals surface area contributed by atoms with Crippen molar-refractivity contribution in [2.24, 2.45) is 5.41 Å². The Labute approximate surface area is 121 Å². The van der Waals surface area contributed by atoms with Crippen LogP contribution in [0.2, 0.25) is 5.15 Å². The Kier molecular flexibility index (Phi) is 3.29. The number of amides is 1. The summed E-state index contributed by atoms with van der Waals surface area (Å²) in [5, 5.41) is 0.0895. The summed E-state index contributed by atoms with van der Waals surface area (Å²) in [4.78, 5) is 21.0. The van der Waals surface area contributed by atoms with Crippen molar-refractivity contribution in [3.8, 4) is 5.75 Å². The summed E-state index contributed by atoms with van der Waals surface area (Å²) in [5.74, 6) is 0.237. The summed E-state index contributed by atoms with van der Waals surface area (Å²) in [6.07, 6.45) is 4.34. The van der Waals surface area contributed by atoms with Crippen molar-refractivity contribution in [3.63, 3.8) is 0 Å². The fourth-order valence-corrected chi connectivity index (χ4v) is 2.60. The number of carbonyl (C=O) groups is 1. The highest BCUT2D eigenvalue weighted by molar-refractivity contribution is 6.31. The van der Waals surface area contributed by atoms with E-state index in [0.717, 1.165) is 19.5 Å². The van der Waals surface area contributed by atoms with Gasteiger partial charge in [0.2, 0.25) is 12.5 Å². The van der Waals surface area contributed by atoms with E-state index in [0.29, 0.717) is 5.41 Å². The molecule has 3 rings (SSSR count). The molecule has 0 atom stereocenters. The summed E-state index contributed by atoms with van der Waals surface area (Å²) in [5.41, 5.74) is 5.97. The quantitative estimate of drug-likeness (QED) is 0.674. The van der Waals surface area contributed by atoms with Crippen molar-refractivity contribution >= 4 is 23.5 Å². The van der Waals surface area contributed by atoms with Gasteiger partial charge in [0, 0.05) is 13.1 Å². The van der Waals surface area contributed by atoms with Crippen molar-refractivity contribution < 1.29 is 14.3 Å². The number of carbonyl (C=O) groups excluding carboxylic acids is 1. The van der Waals surface area contributed by atoms with Gasteiger partial charge in [-0.15, -0.1) is 0 Å². The average molecular weight is 299 g/mol. The second-order valence-corrected chi connectivity index (χ2v) is 5.58. The highest BCUT2D eigenvalue weighted by Gasteiger charge is 2.49.